The first-order valence-corrected chi connectivity index (χ1v) is 5.35. The van der Waals surface area contributed by atoms with Crippen LogP contribution in [0.3, 0.4) is 0 Å². The van der Waals surface area contributed by atoms with Crippen LogP contribution in [0.2, 0.25) is 0 Å². The molecule has 1 fully saturated rings. The molecule has 0 bridgehead atoms. The highest BCUT2D eigenvalue weighted by Gasteiger charge is 2.37. The third-order valence-corrected chi connectivity index (χ3v) is 3.28. The number of hydrogen-bond donors (Lipinski definition) is 2. The molecule has 0 spiro atoms. The molecule has 1 aromatic rings. The van der Waals surface area contributed by atoms with Gasteiger partial charge >= 0.3 is 5.69 Å². The van der Waals surface area contributed by atoms with E-state index in [2.05, 4.69) is 9.97 Å². The Morgan fingerprint density at radius 1 is 1.47 bits per heavy atom. The Hall–Kier alpha value is -1.16. The molecule has 1 aliphatic rings. The van der Waals surface area contributed by atoms with Crippen molar-refractivity contribution in [3.05, 3.63) is 27.4 Å². The molecule has 3 N–H and O–H groups in total. The molecule has 0 unspecified atom stereocenters. The van der Waals surface area contributed by atoms with Gasteiger partial charge in [0.15, 0.2) is 0 Å². The predicted octanol–water partition coefficient (Wildman–Crippen LogP) is 0.811. The highest BCUT2D eigenvalue weighted by Crippen LogP contribution is 2.36. The lowest BCUT2D eigenvalue weighted by atomic mass is 10.0. The molecule has 15 heavy (non-hydrogen) atoms. The number of nitrogens with two attached hydrogens (primary N) is 1. The molecule has 0 radical (unpaired) electrons. The van der Waals surface area contributed by atoms with Crippen molar-refractivity contribution in [2.24, 2.45) is 5.73 Å². The Kier molecular flexibility index (Phi) is 2.38. The second kappa shape index (κ2) is 3.45. The highest BCUT2D eigenvalue weighted by molar-refractivity contribution is 5.22. The lowest BCUT2D eigenvalue weighted by molar-refractivity contribution is 0.599. The van der Waals surface area contributed by atoms with E-state index < -0.39 is 0 Å². The first-order chi connectivity index (χ1) is 7.00. The predicted molar refractivity (Wildman–Crippen MR) is 58.8 cm³/mol. The second-order valence-corrected chi connectivity index (χ2v) is 4.60. The fourth-order valence-electron chi connectivity index (χ4n) is 1.73. The highest BCUT2D eigenvalue weighted by atomic mass is 16.1. The minimum absolute atomic E-state index is 0.0324. The minimum Gasteiger partial charge on any atom is -0.325 e. The average Bonchev–Trinajstić information content (AvgIpc) is 2.88. The third kappa shape index (κ3) is 2.26. The summed E-state index contributed by atoms with van der Waals surface area (Å²) < 4.78 is 0. The largest absolute Gasteiger partial charge is 0.345 e. The molecule has 0 saturated heterocycles. The van der Waals surface area contributed by atoms with E-state index >= 15 is 0 Å². The summed E-state index contributed by atoms with van der Waals surface area (Å²) >= 11 is 0. The molecule has 82 valence electrons. The van der Waals surface area contributed by atoms with Crippen molar-refractivity contribution < 1.29 is 0 Å². The van der Waals surface area contributed by atoms with Gasteiger partial charge in [0.1, 0.15) is 0 Å². The zero-order valence-corrected chi connectivity index (χ0v) is 9.26. The van der Waals surface area contributed by atoms with Crippen molar-refractivity contribution in [1.29, 1.82) is 0 Å². The lowest BCUT2D eigenvalue weighted by Gasteiger charge is -2.10. The number of nitrogens with zero attached hydrogens (tertiary/aromatic N) is 1. The zero-order chi connectivity index (χ0) is 11.1. The summed E-state index contributed by atoms with van der Waals surface area (Å²) in [5.74, 6) is 0. The summed E-state index contributed by atoms with van der Waals surface area (Å²) in [6, 6.07) is 0. The van der Waals surface area contributed by atoms with E-state index in [1.807, 2.05) is 13.8 Å². The summed E-state index contributed by atoms with van der Waals surface area (Å²) in [5.41, 5.74) is 8.67. The standard InChI is InChI=1S/C11H17N3O/c1-7-8(2)13-10(15)14-9(7)3-4-11(12)5-6-11/h3-6,12H2,1-2H3,(H,13,14,15). The molecular weight excluding hydrogens is 190 g/mol. The van der Waals surface area contributed by atoms with E-state index in [0.29, 0.717) is 0 Å². The van der Waals surface area contributed by atoms with Crippen LogP contribution in [0.15, 0.2) is 4.79 Å². The Balaban J connectivity index is 2.16. The summed E-state index contributed by atoms with van der Waals surface area (Å²) in [6.07, 6.45) is 3.96. The number of nitrogens with one attached hydrogen (secondary N) is 1. The molecule has 4 nitrogen and oxygen atoms in total. The fraction of sp³-hybridized carbons (Fsp3) is 0.636. The summed E-state index contributed by atoms with van der Waals surface area (Å²) in [4.78, 5) is 17.9. The summed E-state index contributed by atoms with van der Waals surface area (Å²) in [5, 5.41) is 0. The Morgan fingerprint density at radius 3 is 2.73 bits per heavy atom. The van der Waals surface area contributed by atoms with Gasteiger partial charge in [0.05, 0.1) is 5.69 Å². The van der Waals surface area contributed by atoms with E-state index in [9.17, 15) is 4.79 Å². The Labute approximate surface area is 88.9 Å². The summed E-state index contributed by atoms with van der Waals surface area (Å²) in [7, 11) is 0. The van der Waals surface area contributed by atoms with Crippen LogP contribution in [0.5, 0.6) is 0 Å². The molecule has 0 aliphatic heterocycles. The molecule has 0 aromatic carbocycles. The molecule has 1 heterocycles. The zero-order valence-electron chi connectivity index (χ0n) is 9.26. The summed E-state index contributed by atoms with van der Waals surface area (Å²) in [6.45, 7) is 3.89. The number of H-pyrrole nitrogens is 1. The maximum Gasteiger partial charge on any atom is 0.345 e. The first kappa shape index (κ1) is 10.4. The molecule has 1 aliphatic carbocycles. The van der Waals surface area contributed by atoms with E-state index in [0.717, 1.165) is 42.6 Å². The smallest absolute Gasteiger partial charge is 0.325 e. The van der Waals surface area contributed by atoms with Crippen LogP contribution >= 0.6 is 0 Å². The third-order valence-electron chi connectivity index (χ3n) is 3.28. The molecule has 1 aromatic heterocycles. The number of aromatic nitrogens is 2. The topological polar surface area (TPSA) is 71.8 Å². The molecule has 0 amide bonds. The Bertz CT molecular complexity index is 432. The van der Waals surface area contributed by atoms with Crippen molar-refractivity contribution in [2.45, 2.75) is 45.1 Å². The van der Waals surface area contributed by atoms with Crippen LogP contribution < -0.4 is 11.4 Å². The van der Waals surface area contributed by atoms with E-state index in [1.54, 1.807) is 0 Å². The van der Waals surface area contributed by atoms with Gasteiger partial charge in [-0.15, -0.1) is 0 Å². The second-order valence-electron chi connectivity index (χ2n) is 4.60. The van der Waals surface area contributed by atoms with Gasteiger partial charge in [-0.2, -0.15) is 4.98 Å². The number of hydrogen-bond acceptors (Lipinski definition) is 3. The maximum absolute atomic E-state index is 11.2. The van der Waals surface area contributed by atoms with Crippen LogP contribution in [-0.2, 0) is 6.42 Å². The quantitative estimate of drug-likeness (QED) is 0.770. The van der Waals surface area contributed by atoms with E-state index in [1.165, 1.54) is 0 Å². The molecule has 2 rings (SSSR count). The first-order valence-electron chi connectivity index (χ1n) is 5.35. The monoisotopic (exact) mass is 207 g/mol. The van der Waals surface area contributed by atoms with Crippen LogP contribution in [-0.4, -0.2) is 15.5 Å². The van der Waals surface area contributed by atoms with Gasteiger partial charge in [0.2, 0.25) is 0 Å². The van der Waals surface area contributed by atoms with Gasteiger partial charge in [-0.1, -0.05) is 0 Å². The number of aromatic amines is 1. The van der Waals surface area contributed by atoms with Gasteiger partial charge in [-0.25, -0.2) is 4.79 Å². The van der Waals surface area contributed by atoms with Crippen LogP contribution in [0.4, 0.5) is 0 Å². The average molecular weight is 207 g/mol. The van der Waals surface area contributed by atoms with Crippen LogP contribution in [0.1, 0.15) is 36.2 Å². The van der Waals surface area contributed by atoms with E-state index in [4.69, 9.17) is 5.73 Å². The van der Waals surface area contributed by atoms with Crippen molar-refractivity contribution in [3.63, 3.8) is 0 Å². The van der Waals surface area contributed by atoms with Gasteiger partial charge in [-0.3, -0.25) is 0 Å². The van der Waals surface area contributed by atoms with Crippen molar-refractivity contribution >= 4 is 0 Å². The van der Waals surface area contributed by atoms with Gasteiger partial charge in [-0.05, 0) is 45.1 Å². The lowest BCUT2D eigenvalue weighted by Crippen LogP contribution is -2.24. The number of aryl methyl sites for hydroxylation is 2. The fourth-order valence-corrected chi connectivity index (χ4v) is 1.73. The van der Waals surface area contributed by atoms with Crippen molar-refractivity contribution in [2.75, 3.05) is 0 Å². The van der Waals surface area contributed by atoms with Gasteiger partial charge in [0.25, 0.3) is 0 Å². The molecule has 4 heteroatoms. The number of rotatable bonds is 3. The van der Waals surface area contributed by atoms with Crippen molar-refractivity contribution in [1.82, 2.24) is 9.97 Å². The van der Waals surface area contributed by atoms with Crippen molar-refractivity contribution in [3.8, 4) is 0 Å². The minimum atomic E-state index is -0.255. The molecule has 1 saturated carbocycles. The Morgan fingerprint density at radius 2 is 2.13 bits per heavy atom. The molecule has 0 atom stereocenters. The van der Waals surface area contributed by atoms with E-state index in [-0.39, 0.29) is 11.2 Å². The SMILES string of the molecule is Cc1[nH]c(=O)nc(CCC2(N)CC2)c1C. The maximum atomic E-state index is 11.2. The van der Waals surface area contributed by atoms with Gasteiger partial charge in [0, 0.05) is 11.2 Å². The van der Waals surface area contributed by atoms with Crippen LogP contribution in [0, 0.1) is 13.8 Å². The van der Waals surface area contributed by atoms with Crippen LogP contribution in [0.25, 0.3) is 0 Å². The molecular formula is C11H17N3O. The normalized spacial score (nSPS) is 17.8. The van der Waals surface area contributed by atoms with Gasteiger partial charge < -0.3 is 10.7 Å².